The van der Waals surface area contributed by atoms with Gasteiger partial charge < -0.3 is 5.32 Å². The zero-order valence-corrected chi connectivity index (χ0v) is 17.4. The van der Waals surface area contributed by atoms with Crippen molar-refractivity contribution in [3.63, 3.8) is 0 Å². The molecule has 3 aromatic rings. The monoisotopic (exact) mass is 432 g/mol. The number of hydrogen-bond donors (Lipinski definition) is 1. The van der Waals surface area contributed by atoms with Crippen LogP contribution in [0.15, 0.2) is 41.6 Å². The minimum Gasteiger partial charge on any atom is -0.324 e. The van der Waals surface area contributed by atoms with Crippen LogP contribution in [0.3, 0.4) is 0 Å². The van der Waals surface area contributed by atoms with E-state index in [-0.39, 0.29) is 22.3 Å². The summed E-state index contributed by atoms with van der Waals surface area (Å²) in [5.74, 6) is -0.382. The van der Waals surface area contributed by atoms with Crippen LogP contribution in [0, 0.1) is 24.0 Å². The molecule has 0 saturated heterocycles. The quantitative estimate of drug-likeness (QED) is 0.356. The fraction of sp³-hybridized carbons (Fsp3) is 0.222. The third kappa shape index (κ3) is 4.72. The van der Waals surface area contributed by atoms with Crippen LogP contribution >= 0.6 is 23.4 Å². The molecule has 29 heavy (non-hydrogen) atoms. The van der Waals surface area contributed by atoms with Gasteiger partial charge in [0.15, 0.2) is 0 Å². The Morgan fingerprint density at radius 3 is 2.69 bits per heavy atom. The van der Waals surface area contributed by atoms with Crippen molar-refractivity contribution in [2.45, 2.75) is 31.2 Å². The molecule has 1 aromatic heterocycles. The summed E-state index contributed by atoms with van der Waals surface area (Å²) in [4.78, 5) is 23.0. The van der Waals surface area contributed by atoms with Crippen molar-refractivity contribution in [2.24, 2.45) is 0 Å². The van der Waals surface area contributed by atoms with Crippen molar-refractivity contribution >= 4 is 40.6 Å². The maximum absolute atomic E-state index is 12.6. The molecule has 0 aliphatic heterocycles. The zero-order chi connectivity index (χ0) is 21.1. The summed E-state index contributed by atoms with van der Waals surface area (Å²) in [6, 6.07) is 9.69. The van der Waals surface area contributed by atoms with E-state index >= 15 is 0 Å². The zero-order valence-electron chi connectivity index (χ0n) is 15.8. The normalized spacial score (nSPS) is 11.9. The number of carbonyl (C=O) groups is 1. The predicted molar refractivity (Wildman–Crippen MR) is 111 cm³/mol. The maximum Gasteiger partial charge on any atom is 0.271 e. The second-order valence-corrected chi connectivity index (χ2v) is 8.03. The molecule has 0 fully saturated rings. The van der Waals surface area contributed by atoms with Crippen molar-refractivity contribution < 1.29 is 9.72 Å². The molecule has 0 radical (unpaired) electrons. The van der Waals surface area contributed by atoms with E-state index in [1.807, 2.05) is 32.0 Å². The highest BCUT2D eigenvalue weighted by atomic mass is 35.5. The number of nitrogens with zero attached hydrogens (tertiary/aromatic N) is 5. The average molecular weight is 433 g/mol. The van der Waals surface area contributed by atoms with E-state index in [0.717, 1.165) is 28.6 Å². The van der Waals surface area contributed by atoms with Crippen LogP contribution in [0.5, 0.6) is 0 Å². The number of nitro benzene ring substituents is 1. The summed E-state index contributed by atoms with van der Waals surface area (Å²) in [5.41, 5.74) is 3.04. The third-order valence-electron chi connectivity index (χ3n) is 4.25. The van der Waals surface area contributed by atoms with Gasteiger partial charge in [-0.25, -0.2) is 0 Å². The lowest BCUT2D eigenvalue weighted by Gasteiger charge is -2.13. The fourth-order valence-corrected chi connectivity index (χ4v) is 3.41. The van der Waals surface area contributed by atoms with Gasteiger partial charge >= 0.3 is 0 Å². The van der Waals surface area contributed by atoms with Crippen LogP contribution in [0.25, 0.3) is 5.69 Å². The van der Waals surface area contributed by atoms with Gasteiger partial charge in [0.1, 0.15) is 0 Å². The van der Waals surface area contributed by atoms with Crippen LogP contribution in [0.2, 0.25) is 5.02 Å². The summed E-state index contributed by atoms with van der Waals surface area (Å²) in [6.45, 7) is 5.69. The van der Waals surface area contributed by atoms with E-state index in [2.05, 4.69) is 20.8 Å². The van der Waals surface area contributed by atoms with Crippen molar-refractivity contribution in [2.75, 3.05) is 5.32 Å². The molecule has 1 amide bonds. The summed E-state index contributed by atoms with van der Waals surface area (Å²) in [7, 11) is 0. The highest BCUT2D eigenvalue weighted by Gasteiger charge is 2.21. The van der Waals surface area contributed by atoms with Crippen molar-refractivity contribution in [3.05, 3.63) is 62.7 Å². The third-order valence-corrected chi connectivity index (χ3v) is 5.61. The molecule has 0 aliphatic carbocycles. The maximum atomic E-state index is 12.6. The van der Waals surface area contributed by atoms with Crippen LogP contribution < -0.4 is 5.32 Å². The van der Waals surface area contributed by atoms with Crippen molar-refractivity contribution in [1.29, 1.82) is 0 Å². The van der Waals surface area contributed by atoms with Gasteiger partial charge in [-0.1, -0.05) is 29.4 Å². The number of carbonyl (C=O) groups excluding carboxylic acids is 1. The lowest BCUT2D eigenvalue weighted by atomic mass is 10.1. The molecule has 0 spiro atoms. The minimum absolute atomic E-state index is 0.163. The number of amides is 1. The number of benzene rings is 2. The summed E-state index contributed by atoms with van der Waals surface area (Å²) in [6.07, 6.45) is 0. The number of aromatic nitrogens is 4. The number of thioether (sulfide) groups is 1. The van der Waals surface area contributed by atoms with Gasteiger partial charge in [0.2, 0.25) is 11.1 Å². The number of hydrogen-bond acceptors (Lipinski definition) is 7. The molecule has 1 atom stereocenters. The first-order valence-electron chi connectivity index (χ1n) is 8.53. The predicted octanol–water partition coefficient (Wildman–Crippen LogP) is 3.96. The first-order chi connectivity index (χ1) is 13.8. The molecule has 9 nitrogen and oxygen atoms in total. The van der Waals surface area contributed by atoms with Crippen LogP contribution in [-0.4, -0.2) is 36.3 Å². The molecule has 150 valence electrons. The summed E-state index contributed by atoms with van der Waals surface area (Å²) >= 11 is 7.21. The summed E-state index contributed by atoms with van der Waals surface area (Å²) < 4.78 is 1.56. The lowest BCUT2D eigenvalue weighted by molar-refractivity contribution is -0.384. The molecule has 0 saturated carbocycles. The van der Waals surface area contributed by atoms with Gasteiger partial charge in [0, 0.05) is 12.1 Å². The molecular formula is C18H17ClN6O3S. The number of nitro groups is 1. The Morgan fingerprint density at radius 1 is 1.24 bits per heavy atom. The van der Waals surface area contributed by atoms with E-state index in [9.17, 15) is 14.9 Å². The highest BCUT2D eigenvalue weighted by molar-refractivity contribution is 8.00. The lowest BCUT2D eigenvalue weighted by Crippen LogP contribution is -2.23. The van der Waals surface area contributed by atoms with Gasteiger partial charge in [-0.2, -0.15) is 4.68 Å². The first kappa shape index (κ1) is 20.7. The Labute approximate surface area is 175 Å². The van der Waals surface area contributed by atoms with E-state index in [1.54, 1.807) is 11.6 Å². The minimum atomic E-state index is -0.582. The van der Waals surface area contributed by atoms with Crippen molar-refractivity contribution in [3.8, 4) is 5.69 Å². The SMILES string of the molecule is Cc1ccc(-n2nnnc2SC(C)C(=O)Nc2cc([N+](=O)[O-])ccc2Cl)cc1C. The van der Waals surface area contributed by atoms with Crippen molar-refractivity contribution in [1.82, 2.24) is 20.2 Å². The van der Waals surface area contributed by atoms with E-state index < -0.39 is 10.2 Å². The number of aryl methyl sites for hydroxylation is 2. The van der Waals surface area contributed by atoms with Gasteiger partial charge in [0.05, 0.1) is 26.6 Å². The topological polar surface area (TPSA) is 116 Å². The van der Waals surface area contributed by atoms with Crippen LogP contribution in [0.4, 0.5) is 11.4 Å². The second-order valence-electron chi connectivity index (χ2n) is 6.31. The van der Waals surface area contributed by atoms with Crippen LogP contribution in [-0.2, 0) is 4.79 Å². The fourth-order valence-electron chi connectivity index (χ4n) is 2.44. The molecule has 1 unspecified atom stereocenters. The standard InChI is InChI=1S/C18H17ClN6O3S/c1-10-4-5-13(8-11(10)2)24-18(21-22-23-24)29-12(3)17(26)20-16-9-14(25(27)28)6-7-15(16)19/h4-9,12H,1-3H3,(H,20,26). The molecule has 2 aromatic carbocycles. The van der Waals surface area contributed by atoms with Crippen LogP contribution in [0.1, 0.15) is 18.1 Å². The number of tetrazole rings is 1. The number of anilines is 1. The van der Waals surface area contributed by atoms with E-state index in [0.29, 0.717) is 5.16 Å². The molecule has 1 N–H and O–H groups in total. The number of non-ortho nitro benzene ring substituents is 1. The van der Waals surface area contributed by atoms with Gasteiger partial charge in [-0.3, -0.25) is 14.9 Å². The molecule has 11 heteroatoms. The Kier molecular flexibility index (Phi) is 6.14. The number of nitrogens with one attached hydrogen (secondary N) is 1. The highest BCUT2D eigenvalue weighted by Crippen LogP contribution is 2.29. The van der Waals surface area contributed by atoms with Gasteiger partial charge in [-0.15, -0.1) is 5.10 Å². The van der Waals surface area contributed by atoms with E-state index in [4.69, 9.17) is 11.6 Å². The largest absolute Gasteiger partial charge is 0.324 e. The Balaban J connectivity index is 1.76. The summed E-state index contributed by atoms with van der Waals surface area (Å²) in [5, 5.41) is 25.3. The average Bonchev–Trinajstić information content (AvgIpc) is 3.13. The Hall–Kier alpha value is -2.98. The molecule has 0 bridgehead atoms. The Morgan fingerprint density at radius 2 is 2.00 bits per heavy atom. The molecule has 0 aliphatic rings. The van der Waals surface area contributed by atoms with E-state index in [1.165, 1.54) is 18.2 Å². The molecule has 1 heterocycles. The first-order valence-corrected chi connectivity index (χ1v) is 9.79. The number of halogens is 1. The molecule has 3 rings (SSSR count). The van der Waals surface area contributed by atoms with Gasteiger partial charge in [0.25, 0.3) is 5.69 Å². The smallest absolute Gasteiger partial charge is 0.271 e. The molecular weight excluding hydrogens is 416 g/mol. The second kappa shape index (κ2) is 8.58. The Bertz CT molecular complexity index is 1090. The number of rotatable bonds is 6. The van der Waals surface area contributed by atoms with Gasteiger partial charge in [-0.05, 0) is 60.5 Å².